The zero-order chi connectivity index (χ0) is 19.8. The molecule has 1 unspecified atom stereocenters. The number of carbonyl (C=O) groups is 1. The number of aryl methyl sites for hydroxylation is 2. The number of hydrogen-bond acceptors (Lipinski definition) is 4. The van der Waals surface area contributed by atoms with E-state index in [9.17, 15) is 9.59 Å². The smallest absolute Gasteiger partial charge is 0.264 e. The first-order chi connectivity index (χ1) is 13.4. The van der Waals surface area contributed by atoms with Gasteiger partial charge < -0.3 is 14.3 Å². The number of nitrogens with zero attached hydrogens (tertiary/aromatic N) is 2. The third-order valence-electron chi connectivity index (χ3n) is 5.08. The molecule has 144 valence electrons. The van der Waals surface area contributed by atoms with Crippen LogP contribution >= 0.6 is 11.6 Å². The lowest BCUT2D eigenvalue weighted by Crippen LogP contribution is -2.34. The van der Waals surface area contributed by atoms with Crippen molar-refractivity contribution in [2.45, 2.75) is 26.2 Å². The molecule has 2 aromatic heterocycles. The van der Waals surface area contributed by atoms with E-state index in [1.807, 2.05) is 31.2 Å². The Labute approximate surface area is 167 Å². The molecule has 3 heterocycles. The first-order valence-corrected chi connectivity index (χ1v) is 9.52. The van der Waals surface area contributed by atoms with E-state index in [0.717, 1.165) is 17.7 Å². The van der Waals surface area contributed by atoms with Crippen LogP contribution in [0.1, 0.15) is 39.7 Å². The fourth-order valence-corrected chi connectivity index (χ4v) is 3.85. The summed E-state index contributed by atoms with van der Waals surface area (Å²) in [4.78, 5) is 34.4. The molecule has 0 radical (unpaired) electrons. The van der Waals surface area contributed by atoms with Crippen molar-refractivity contribution in [3.05, 3.63) is 74.4 Å². The summed E-state index contributed by atoms with van der Waals surface area (Å²) in [5, 5.41) is 0.683. The molecular formula is C21H20ClN3O3. The van der Waals surface area contributed by atoms with Crippen molar-refractivity contribution in [3.8, 4) is 11.6 Å². The number of furan rings is 1. The Bertz CT molecular complexity index is 1100. The van der Waals surface area contributed by atoms with Gasteiger partial charge in [-0.15, -0.1) is 0 Å². The van der Waals surface area contributed by atoms with Crippen LogP contribution in [0.2, 0.25) is 5.02 Å². The van der Waals surface area contributed by atoms with Crippen molar-refractivity contribution >= 4 is 17.5 Å². The van der Waals surface area contributed by atoms with Crippen molar-refractivity contribution in [1.29, 1.82) is 0 Å². The van der Waals surface area contributed by atoms with Gasteiger partial charge >= 0.3 is 0 Å². The van der Waals surface area contributed by atoms with Crippen molar-refractivity contribution in [1.82, 2.24) is 14.9 Å². The summed E-state index contributed by atoms with van der Waals surface area (Å²) < 4.78 is 5.51. The lowest BCUT2D eigenvalue weighted by atomic mass is 9.99. The first kappa shape index (κ1) is 18.5. The number of likely N-dealkylation sites (tertiary alicyclic amines) is 1. The lowest BCUT2D eigenvalue weighted by molar-refractivity contribution is 0.0787. The zero-order valence-electron chi connectivity index (χ0n) is 15.7. The number of rotatable bonds is 3. The molecular weight excluding hydrogens is 378 g/mol. The molecule has 1 aliphatic rings. The second-order valence-corrected chi connectivity index (χ2v) is 7.51. The highest BCUT2D eigenvalue weighted by molar-refractivity contribution is 6.30. The highest BCUT2D eigenvalue weighted by Gasteiger charge is 2.30. The number of carbonyl (C=O) groups excluding carboxylic acids is 1. The van der Waals surface area contributed by atoms with Crippen LogP contribution in [0, 0.1) is 13.8 Å². The van der Waals surface area contributed by atoms with Crippen LogP contribution < -0.4 is 5.56 Å². The van der Waals surface area contributed by atoms with E-state index in [1.165, 1.54) is 0 Å². The lowest BCUT2D eigenvalue weighted by Gasteiger charge is -2.17. The van der Waals surface area contributed by atoms with Crippen molar-refractivity contribution in [3.63, 3.8) is 0 Å². The Morgan fingerprint density at radius 3 is 2.79 bits per heavy atom. The topological polar surface area (TPSA) is 79.2 Å². The molecule has 1 aromatic carbocycles. The molecule has 1 fully saturated rings. The predicted molar refractivity (Wildman–Crippen MR) is 107 cm³/mol. The van der Waals surface area contributed by atoms with Gasteiger partial charge in [0.15, 0.2) is 11.6 Å². The fraction of sp³-hybridized carbons (Fsp3) is 0.286. The monoisotopic (exact) mass is 397 g/mol. The summed E-state index contributed by atoms with van der Waals surface area (Å²) in [7, 11) is 0. The number of amides is 1. The van der Waals surface area contributed by atoms with Crippen LogP contribution in [0.4, 0.5) is 0 Å². The molecule has 0 aliphatic carbocycles. The van der Waals surface area contributed by atoms with E-state index >= 15 is 0 Å². The summed E-state index contributed by atoms with van der Waals surface area (Å²) >= 11 is 6.08. The molecule has 6 nitrogen and oxygen atoms in total. The first-order valence-electron chi connectivity index (χ1n) is 9.15. The van der Waals surface area contributed by atoms with Gasteiger partial charge in [0.05, 0.1) is 5.69 Å². The Morgan fingerprint density at radius 1 is 1.29 bits per heavy atom. The number of H-pyrrole nitrogens is 1. The molecule has 1 amide bonds. The second-order valence-electron chi connectivity index (χ2n) is 7.08. The average molecular weight is 398 g/mol. The van der Waals surface area contributed by atoms with Crippen LogP contribution in [0.15, 0.2) is 45.6 Å². The van der Waals surface area contributed by atoms with Gasteiger partial charge in [-0.1, -0.05) is 23.7 Å². The molecule has 0 spiro atoms. The highest BCUT2D eigenvalue weighted by Crippen LogP contribution is 2.29. The number of nitrogens with one attached hydrogen (secondary N) is 1. The molecule has 7 heteroatoms. The number of aromatic amines is 1. The van der Waals surface area contributed by atoms with Crippen molar-refractivity contribution in [2.75, 3.05) is 13.1 Å². The second kappa shape index (κ2) is 7.28. The fourth-order valence-electron chi connectivity index (χ4n) is 3.65. The maximum absolute atomic E-state index is 13.0. The quantitative estimate of drug-likeness (QED) is 0.726. The third-order valence-corrected chi connectivity index (χ3v) is 5.32. The van der Waals surface area contributed by atoms with E-state index in [2.05, 4.69) is 9.97 Å². The molecule has 1 aliphatic heterocycles. The van der Waals surface area contributed by atoms with Gasteiger partial charge in [0.25, 0.3) is 11.5 Å². The van der Waals surface area contributed by atoms with Crippen molar-refractivity contribution < 1.29 is 9.21 Å². The van der Waals surface area contributed by atoms with Gasteiger partial charge in [-0.05, 0) is 50.1 Å². The van der Waals surface area contributed by atoms with Gasteiger partial charge in [-0.2, -0.15) is 0 Å². The van der Waals surface area contributed by atoms with E-state index < -0.39 is 5.56 Å². The van der Waals surface area contributed by atoms with Gasteiger partial charge in [-0.25, -0.2) is 4.98 Å². The minimum atomic E-state index is -0.451. The molecule has 4 rings (SSSR count). The van der Waals surface area contributed by atoms with Gasteiger partial charge in [0, 0.05) is 24.0 Å². The zero-order valence-corrected chi connectivity index (χ0v) is 16.4. The Balaban J connectivity index is 1.58. The predicted octanol–water partition coefficient (Wildman–Crippen LogP) is 3.93. The SMILES string of the molecule is Cc1ccc(-c2nc(C)c(C(=O)N3CCC(c4cccc(Cl)c4)C3)c(=O)[nH]2)o1. The van der Waals surface area contributed by atoms with Crippen LogP contribution in [0.5, 0.6) is 0 Å². The molecule has 1 saturated heterocycles. The Morgan fingerprint density at radius 2 is 2.11 bits per heavy atom. The van der Waals surface area contributed by atoms with Crippen LogP contribution in [0.3, 0.4) is 0 Å². The van der Waals surface area contributed by atoms with E-state index in [0.29, 0.717) is 35.4 Å². The van der Waals surface area contributed by atoms with Crippen molar-refractivity contribution in [2.24, 2.45) is 0 Å². The van der Waals surface area contributed by atoms with Gasteiger partial charge in [0.1, 0.15) is 11.3 Å². The van der Waals surface area contributed by atoms with E-state index in [-0.39, 0.29) is 17.4 Å². The largest absolute Gasteiger partial charge is 0.458 e. The summed E-state index contributed by atoms with van der Waals surface area (Å²) in [6.45, 7) is 4.63. The number of benzene rings is 1. The summed E-state index contributed by atoms with van der Waals surface area (Å²) in [5.41, 5.74) is 1.13. The summed E-state index contributed by atoms with van der Waals surface area (Å²) in [6, 6.07) is 11.2. The highest BCUT2D eigenvalue weighted by atomic mass is 35.5. The summed E-state index contributed by atoms with van der Waals surface area (Å²) in [6.07, 6.45) is 0.834. The maximum atomic E-state index is 13.0. The standard InChI is InChI=1S/C21H20ClN3O3/c1-12-6-7-17(28-12)19-23-13(2)18(20(26)24-19)21(27)25-9-8-15(11-25)14-4-3-5-16(22)10-14/h3-7,10,15H,8-9,11H2,1-2H3,(H,23,24,26). The Hall–Kier alpha value is -2.86. The average Bonchev–Trinajstić information content (AvgIpc) is 3.30. The van der Waals surface area contributed by atoms with Gasteiger partial charge in [0.2, 0.25) is 0 Å². The minimum Gasteiger partial charge on any atom is -0.458 e. The van der Waals surface area contributed by atoms with Crippen LogP contribution in [-0.2, 0) is 0 Å². The minimum absolute atomic E-state index is 0.0822. The molecule has 0 bridgehead atoms. The molecule has 3 aromatic rings. The van der Waals surface area contributed by atoms with Crippen LogP contribution in [-0.4, -0.2) is 33.9 Å². The van der Waals surface area contributed by atoms with E-state index in [4.69, 9.17) is 16.0 Å². The third kappa shape index (κ3) is 3.47. The Kier molecular flexibility index (Phi) is 4.81. The molecule has 28 heavy (non-hydrogen) atoms. The number of hydrogen-bond donors (Lipinski definition) is 1. The van der Waals surface area contributed by atoms with Gasteiger partial charge in [-0.3, -0.25) is 9.59 Å². The normalized spacial score (nSPS) is 16.5. The van der Waals surface area contributed by atoms with E-state index in [1.54, 1.807) is 24.0 Å². The number of aromatic nitrogens is 2. The molecule has 1 atom stereocenters. The molecule has 1 N–H and O–H groups in total. The van der Waals surface area contributed by atoms with Crippen LogP contribution in [0.25, 0.3) is 11.6 Å². The summed E-state index contributed by atoms with van der Waals surface area (Å²) in [5.74, 6) is 1.43. The molecule has 0 saturated carbocycles. The number of halogens is 1. The maximum Gasteiger partial charge on any atom is 0.264 e.